The zero-order chi connectivity index (χ0) is 15.6. The van der Waals surface area contributed by atoms with Crippen LogP contribution in [-0.2, 0) is 0 Å². The van der Waals surface area contributed by atoms with Crippen molar-refractivity contribution in [3.8, 4) is 17.0 Å². The first kappa shape index (κ1) is 15.0. The molecule has 4 heteroatoms. The van der Waals surface area contributed by atoms with Gasteiger partial charge in [0.2, 0.25) is 0 Å². The summed E-state index contributed by atoms with van der Waals surface area (Å²) in [5.41, 5.74) is 1.63. The van der Waals surface area contributed by atoms with E-state index in [9.17, 15) is 9.59 Å². The molecule has 0 spiro atoms. The number of carbonyl (C=O) groups excluding carboxylic acids is 1. The molecule has 0 atom stereocenters. The fourth-order valence-corrected chi connectivity index (χ4v) is 2.35. The molecule has 0 amide bonds. The number of aromatic nitrogens is 1. The van der Waals surface area contributed by atoms with E-state index >= 15 is 0 Å². The lowest BCUT2D eigenvalue weighted by Gasteiger charge is -2.18. The molecular formula is C17H19NO3. The van der Waals surface area contributed by atoms with Crippen molar-refractivity contribution in [2.45, 2.75) is 26.8 Å². The number of hydrogen-bond acceptors (Lipinski definition) is 3. The summed E-state index contributed by atoms with van der Waals surface area (Å²) in [6, 6.07) is 10.9. The van der Waals surface area contributed by atoms with Gasteiger partial charge in [-0.15, -0.1) is 0 Å². The van der Waals surface area contributed by atoms with E-state index in [2.05, 4.69) is 0 Å². The van der Waals surface area contributed by atoms with Gasteiger partial charge in [-0.1, -0.05) is 12.1 Å². The van der Waals surface area contributed by atoms with Crippen LogP contribution in [0.1, 0.15) is 37.2 Å². The van der Waals surface area contributed by atoms with Crippen LogP contribution in [0.4, 0.5) is 0 Å². The van der Waals surface area contributed by atoms with Crippen LogP contribution in [0.3, 0.4) is 0 Å². The largest absolute Gasteiger partial charge is 0.497 e. The van der Waals surface area contributed by atoms with Gasteiger partial charge in [0.05, 0.1) is 18.4 Å². The Kier molecular flexibility index (Phi) is 4.26. The first-order chi connectivity index (χ1) is 9.95. The zero-order valence-electron chi connectivity index (χ0n) is 12.7. The van der Waals surface area contributed by atoms with E-state index in [0.29, 0.717) is 0 Å². The fourth-order valence-electron chi connectivity index (χ4n) is 2.35. The van der Waals surface area contributed by atoms with Crippen molar-refractivity contribution >= 4 is 5.78 Å². The average molecular weight is 285 g/mol. The van der Waals surface area contributed by atoms with Crippen molar-refractivity contribution in [2.75, 3.05) is 7.11 Å². The molecule has 0 fully saturated rings. The Morgan fingerprint density at radius 2 is 1.90 bits per heavy atom. The molecule has 0 saturated carbocycles. The molecule has 0 unspecified atom stereocenters. The predicted octanol–water partition coefficient (Wildman–Crippen LogP) is 3.31. The molecule has 21 heavy (non-hydrogen) atoms. The quantitative estimate of drug-likeness (QED) is 0.810. The monoisotopic (exact) mass is 285 g/mol. The van der Waals surface area contributed by atoms with Crippen LogP contribution in [0.15, 0.2) is 41.2 Å². The second-order valence-corrected chi connectivity index (χ2v) is 5.19. The number of nitrogens with zero attached hydrogens (tertiary/aromatic N) is 1. The van der Waals surface area contributed by atoms with Crippen LogP contribution in [-0.4, -0.2) is 17.5 Å². The third-order valence-electron chi connectivity index (χ3n) is 3.38. The second kappa shape index (κ2) is 5.95. The van der Waals surface area contributed by atoms with Crippen LogP contribution < -0.4 is 10.3 Å². The van der Waals surface area contributed by atoms with Gasteiger partial charge in [0.15, 0.2) is 5.78 Å². The molecule has 2 aromatic rings. The summed E-state index contributed by atoms with van der Waals surface area (Å²) < 4.78 is 6.87. The molecule has 1 heterocycles. The fraction of sp³-hybridized carbons (Fsp3) is 0.294. The molecule has 0 aliphatic rings. The SMILES string of the molecule is COc1cccc(-c2ccc(C(C)=O)c(=O)n2C(C)C)c1. The van der Waals surface area contributed by atoms with Gasteiger partial charge >= 0.3 is 0 Å². The normalized spacial score (nSPS) is 10.7. The van der Waals surface area contributed by atoms with Crippen LogP contribution in [0.2, 0.25) is 0 Å². The number of benzene rings is 1. The Morgan fingerprint density at radius 3 is 2.48 bits per heavy atom. The van der Waals surface area contributed by atoms with Crippen molar-refractivity contribution in [3.63, 3.8) is 0 Å². The highest BCUT2D eigenvalue weighted by Crippen LogP contribution is 2.25. The standard InChI is InChI=1S/C17H19NO3/c1-11(2)18-16(9-8-15(12(3)19)17(18)20)13-6-5-7-14(10-13)21-4/h5-11H,1-4H3. The molecular weight excluding hydrogens is 266 g/mol. The molecule has 2 rings (SSSR count). The molecule has 0 radical (unpaired) electrons. The van der Waals surface area contributed by atoms with Gasteiger partial charge in [-0.3, -0.25) is 9.59 Å². The third-order valence-corrected chi connectivity index (χ3v) is 3.38. The first-order valence-electron chi connectivity index (χ1n) is 6.86. The minimum absolute atomic E-state index is 0.0435. The number of ether oxygens (including phenoxy) is 1. The molecule has 110 valence electrons. The summed E-state index contributed by atoms with van der Waals surface area (Å²) in [5, 5.41) is 0. The van der Waals surface area contributed by atoms with Gasteiger partial charge in [-0.2, -0.15) is 0 Å². The van der Waals surface area contributed by atoms with Gasteiger partial charge in [-0.05, 0) is 45.0 Å². The van der Waals surface area contributed by atoms with Gasteiger partial charge < -0.3 is 9.30 Å². The van der Waals surface area contributed by atoms with E-state index in [1.165, 1.54) is 6.92 Å². The molecule has 1 aromatic carbocycles. The third kappa shape index (κ3) is 2.89. The number of ketones is 1. The Hall–Kier alpha value is -2.36. The lowest BCUT2D eigenvalue weighted by atomic mass is 10.1. The van der Waals surface area contributed by atoms with Gasteiger partial charge in [0, 0.05) is 11.6 Å². The molecule has 0 aliphatic carbocycles. The predicted molar refractivity (Wildman–Crippen MR) is 83.1 cm³/mol. The van der Waals surface area contributed by atoms with Gasteiger partial charge in [0.25, 0.3) is 5.56 Å². The maximum Gasteiger partial charge on any atom is 0.262 e. The van der Waals surface area contributed by atoms with Crippen molar-refractivity contribution in [1.82, 2.24) is 4.57 Å². The van der Waals surface area contributed by atoms with Crippen LogP contribution in [0.5, 0.6) is 5.75 Å². The minimum atomic E-state index is -0.252. The molecule has 4 nitrogen and oxygen atoms in total. The smallest absolute Gasteiger partial charge is 0.262 e. The summed E-state index contributed by atoms with van der Waals surface area (Å²) >= 11 is 0. The van der Waals surface area contributed by atoms with Gasteiger partial charge in [-0.25, -0.2) is 0 Å². The highest BCUT2D eigenvalue weighted by atomic mass is 16.5. The lowest BCUT2D eigenvalue weighted by molar-refractivity contribution is 0.101. The lowest BCUT2D eigenvalue weighted by Crippen LogP contribution is -2.28. The number of pyridine rings is 1. The Balaban J connectivity index is 2.71. The topological polar surface area (TPSA) is 48.3 Å². The number of methoxy groups -OCH3 is 1. The highest BCUT2D eigenvalue weighted by molar-refractivity contribution is 5.94. The summed E-state index contributed by atoms with van der Waals surface area (Å²) in [7, 11) is 1.60. The maximum absolute atomic E-state index is 12.5. The molecule has 0 aliphatic heterocycles. The van der Waals surface area contributed by atoms with Crippen molar-refractivity contribution in [3.05, 3.63) is 52.3 Å². The van der Waals surface area contributed by atoms with Crippen LogP contribution >= 0.6 is 0 Å². The van der Waals surface area contributed by atoms with Crippen LogP contribution in [0, 0.1) is 0 Å². The van der Waals surface area contributed by atoms with E-state index in [-0.39, 0.29) is 22.9 Å². The summed E-state index contributed by atoms with van der Waals surface area (Å²) in [4.78, 5) is 24.1. The Bertz CT molecular complexity index is 729. The second-order valence-electron chi connectivity index (χ2n) is 5.19. The number of hydrogen-bond donors (Lipinski definition) is 0. The number of carbonyl (C=O) groups is 1. The van der Waals surface area contributed by atoms with Crippen LogP contribution in [0.25, 0.3) is 11.3 Å². The first-order valence-corrected chi connectivity index (χ1v) is 6.86. The van der Waals surface area contributed by atoms with E-state index in [4.69, 9.17) is 4.74 Å². The maximum atomic E-state index is 12.5. The van der Waals surface area contributed by atoms with Gasteiger partial charge in [0.1, 0.15) is 5.75 Å². The number of rotatable bonds is 4. The average Bonchev–Trinajstić information content (AvgIpc) is 2.46. The van der Waals surface area contributed by atoms with Crippen molar-refractivity contribution in [2.24, 2.45) is 0 Å². The number of Topliss-reactive ketones (excluding diaryl/α,β-unsaturated/α-hetero) is 1. The van der Waals surface area contributed by atoms with Crippen molar-refractivity contribution < 1.29 is 9.53 Å². The molecule has 1 aromatic heterocycles. The van der Waals surface area contributed by atoms with E-state index in [0.717, 1.165) is 17.0 Å². The summed E-state index contributed by atoms with van der Waals surface area (Å²) in [6.07, 6.45) is 0. The zero-order valence-corrected chi connectivity index (χ0v) is 12.7. The van der Waals surface area contributed by atoms with E-state index < -0.39 is 0 Å². The summed E-state index contributed by atoms with van der Waals surface area (Å²) in [6.45, 7) is 5.26. The minimum Gasteiger partial charge on any atom is -0.497 e. The van der Waals surface area contributed by atoms with E-state index in [1.54, 1.807) is 17.7 Å². The van der Waals surface area contributed by atoms with E-state index in [1.807, 2.05) is 44.2 Å². The molecule has 0 saturated heterocycles. The highest BCUT2D eigenvalue weighted by Gasteiger charge is 2.15. The Labute approximate surface area is 124 Å². The molecule has 0 N–H and O–H groups in total. The Morgan fingerprint density at radius 1 is 1.19 bits per heavy atom. The summed E-state index contributed by atoms with van der Waals surface area (Å²) in [5.74, 6) is 0.512. The molecule has 0 bridgehead atoms. The van der Waals surface area contributed by atoms with Crippen molar-refractivity contribution in [1.29, 1.82) is 0 Å².